The smallest absolute Gasteiger partial charge is 0.416 e. The summed E-state index contributed by atoms with van der Waals surface area (Å²) in [5.41, 5.74) is -0.953. The monoisotopic (exact) mass is 516 g/mol. The lowest BCUT2D eigenvalue weighted by Gasteiger charge is -2.16. The minimum atomic E-state index is -4.70. The Labute approximate surface area is 197 Å². The van der Waals surface area contributed by atoms with Crippen molar-refractivity contribution < 1.29 is 39.9 Å². The Morgan fingerprint density at radius 2 is 1.34 bits per heavy atom. The molecule has 5 nitrogen and oxygen atoms in total. The van der Waals surface area contributed by atoms with Crippen molar-refractivity contribution in [2.75, 3.05) is 13.1 Å². The van der Waals surface area contributed by atoms with Gasteiger partial charge in [-0.15, -0.1) is 4.72 Å². The molecule has 3 aromatic rings. The van der Waals surface area contributed by atoms with E-state index in [2.05, 4.69) is 10.0 Å². The normalized spacial score (nSPS) is 13.8. The van der Waals surface area contributed by atoms with Crippen molar-refractivity contribution >= 4 is 16.3 Å². The molecular weight excluding hydrogens is 498 g/mol. The number of carbonyl (C=O) groups excluding carboxylic acids is 1. The second-order valence-corrected chi connectivity index (χ2v) is 9.10. The Kier molecular flexibility index (Phi) is 7.68. The molecule has 3 rings (SSSR count). The van der Waals surface area contributed by atoms with Gasteiger partial charge in [-0.3, -0.25) is 4.79 Å². The molecule has 0 radical (unpaired) electrons. The van der Waals surface area contributed by atoms with E-state index in [-0.39, 0.29) is 18.7 Å². The summed E-state index contributed by atoms with van der Waals surface area (Å²) < 4.78 is 104. The largest absolute Gasteiger partial charge is 0.593 e. The molecule has 0 aromatic heterocycles. The topological polar surface area (TPSA) is 81.3 Å². The quantitative estimate of drug-likeness (QED) is 0.254. The van der Waals surface area contributed by atoms with E-state index in [0.29, 0.717) is 17.2 Å². The third-order valence-corrected chi connectivity index (χ3v) is 6.30. The first-order valence-corrected chi connectivity index (χ1v) is 11.5. The standard InChI is InChI=1S/C23H18F6N2O3S/c24-22(25,26)18-4-1-3-17(13-18)15-7-9-16(10-8-15)21(32)30-11-12-31-35(33,34)20-6-2-5-19(14-20)23(27,28)29/h1-10,13-14H,11-12H2,(H2-,30,31,32,33,34). The molecule has 0 aliphatic carbocycles. The molecule has 0 aliphatic rings. The van der Waals surface area contributed by atoms with Crippen molar-refractivity contribution in [3.8, 4) is 11.1 Å². The van der Waals surface area contributed by atoms with Crippen LogP contribution in [0.15, 0.2) is 77.7 Å². The molecule has 0 fully saturated rings. The second kappa shape index (κ2) is 10.2. The fourth-order valence-corrected chi connectivity index (χ4v) is 4.15. The van der Waals surface area contributed by atoms with Crippen LogP contribution in [-0.2, 0) is 27.0 Å². The lowest BCUT2D eigenvalue weighted by atomic mass is 10.0. The number of hydrogen-bond donors (Lipinski definition) is 2. The van der Waals surface area contributed by atoms with Gasteiger partial charge in [0.2, 0.25) is 0 Å². The highest BCUT2D eigenvalue weighted by Gasteiger charge is 2.33. The van der Waals surface area contributed by atoms with Gasteiger partial charge < -0.3 is 9.87 Å². The van der Waals surface area contributed by atoms with E-state index in [1.807, 2.05) is 0 Å². The highest BCUT2D eigenvalue weighted by Crippen LogP contribution is 2.32. The average molecular weight is 516 g/mol. The minimum Gasteiger partial charge on any atom is -0.593 e. The molecule has 0 saturated heterocycles. The molecule has 0 saturated carbocycles. The van der Waals surface area contributed by atoms with Gasteiger partial charge in [0.1, 0.15) is 0 Å². The van der Waals surface area contributed by atoms with Crippen LogP contribution in [0.5, 0.6) is 0 Å². The molecule has 0 aliphatic heterocycles. The number of sulfonamides is 1. The van der Waals surface area contributed by atoms with Gasteiger partial charge in [0.05, 0.1) is 17.7 Å². The summed E-state index contributed by atoms with van der Waals surface area (Å²) in [4.78, 5) is 11.7. The maximum absolute atomic E-state index is 12.9. The van der Waals surface area contributed by atoms with Gasteiger partial charge in [0.15, 0.2) is 15.3 Å². The molecule has 1 unspecified atom stereocenters. The van der Waals surface area contributed by atoms with Gasteiger partial charge >= 0.3 is 12.4 Å². The Morgan fingerprint density at radius 1 is 0.771 bits per heavy atom. The summed E-state index contributed by atoms with van der Waals surface area (Å²) in [6, 6.07) is 13.7. The molecule has 0 heterocycles. The number of nitrogens with one attached hydrogen (secondary N) is 2. The number of alkyl halides is 6. The fraction of sp³-hybridized carbons (Fsp3) is 0.174. The van der Waals surface area contributed by atoms with E-state index in [1.165, 1.54) is 36.4 Å². The third kappa shape index (κ3) is 6.90. The van der Waals surface area contributed by atoms with E-state index in [9.17, 15) is 39.9 Å². The predicted octanol–water partition coefficient (Wildman–Crippen LogP) is 5.31. The number of halogens is 6. The van der Waals surface area contributed by atoms with Crippen LogP contribution in [0.4, 0.5) is 26.3 Å². The van der Waals surface area contributed by atoms with Crippen LogP contribution in [0.2, 0.25) is 0 Å². The molecular formula is C23H18F6N2O3S. The maximum Gasteiger partial charge on any atom is 0.416 e. The van der Waals surface area contributed by atoms with Gasteiger partial charge in [-0.25, -0.2) is 0 Å². The molecule has 12 heteroatoms. The van der Waals surface area contributed by atoms with Gasteiger partial charge in [0.25, 0.3) is 5.91 Å². The van der Waals surface area contributed by atoms with Crippen molar-refractivity contribution in [2.45, 2.75) is 17.2 Å². The van der Waals surface area contributed by atoms with Gasteiger partial charge in [-0.1, -0.05) is 34.5 Å². The molecule has 186 valence electrons. The van der Waals surface area contributed by atoms with Gasteiger partial charge in [-0.2, -0.15) is 26.3 Å². The van der Waals surface area contributed by atoms with E-state index in [0.717, 1.165) is 30.3 Å². The number of carbonyl (C=O) groups is 1. The molecule has 1 amide bonds. The first-order chi connectivity index (χ1) is 16.3. The van der Waals surface area contributed by atoms with E-state index >= 15 is 0 Å². The van der Waals surface area contributed by atoms with Crippen LogP contribution < -0.4 is 10.0 Å². The van der Waals surface area contributed by atoms with Crippen molar-refractivity contribution in [1.29, 1.82) is 0 Å². The summed E-state index contributed by atoms with van der Waals surface area (Å²) >= 11 is 0. The number of benzene rings is 3. The zero-order chi connectivity index (χ0) is 25.9. The second-order valence-electron chi connectivity index (χ2n) is 7.34. The Bertz CT molecular complexity index is 1240. The van der Waals surface area contributed by atoms with Gasteiger partial charge in [-0.05, 0) is 47.5 Å². The first-order valence-electron chi connectivity index (χ1n) is 10.0. The van der Waals surface area contributed by atoms with Crippen molar-refractivity contribution in [2.24, 2.45) is 0 Å². The SMILES string of the molecule is O=C(NCCN[S+](=O)([O-])c1cccc(C(F)(F)F)c1)c1ccc(-c2cccc(C(F)(F)F)c2)cc1. The lowest BCUT2D eigenvalue weighted by Crippen LogP contribution is -2.37. The highest BCUT2D eigenvalue weighted by molar-refractivity contribution is 7.95. The summed E-state index contributed by atoms with van der Waals surface area (Å²) in [6.07, 6.45) is -9.19. The van der Waals surface area contributed by atoms with Crippen LogP contribution in [0.25, 0.3) is 11.1 Å². The third-order valence-electron chi connectivity index (χ3n) is 4.84. The van der Waals surface area contributed by atoms with Crippen LogP contribution in [0.3, 0.4) is 0 Å². The first kappa shape index (κ1) is 26.4. The summed E-state index contributed by atoms with van der Waals surface area (Å²) in [5, 5.41) is 2.45. The molecule has 2 N–H and O–H groups in total. The Balaban J connectivity index is 1.56. The van der Waals surface area contributed by atoms with Crippen LogP contribution in [0.1, 0.15) is 21.5 Å². The van der Waals surface area contributed by atoms with Gasteiger partial charge in [0, 0.05) is 18.2 Å². The maximum atomic E-state index is 12.9. The number of amides is 1. The highest BCUT2D eigenvalue weighted by atomic mass is 32.3. The zero-order valence-corrected chi connectivity index (χ0v) is 18.6. The molecule has 0 bridgehead atoms. The molecule has 0 spiro atoms. The van der Waals surface area contributed by atoms with Crippen molar-refractivity contribution in [1.82, 2.24) is 10.0 Å². The molecule has 35 heavy (non-hydrogen) atoms. The molecule has 1 atom stereocenters. The minimum absolute atomic E-state index is 0.160. The lowest BCUT2D eigenvalue weighted by molar-refractivity contribution is -0.138. The van der Waals surface area contributed by atoms with E-state index < -0.39 is 44.7 Å². The van der Waals surface area contributed by atoms with Crippen LogP contribution >= 0.6 is 0 Å². The predicted molar refractivity (Wildman–Crippen MR) is 116 cm³/mol. The van der Waals surface area contributed by atoms with Crippen molar-refractivity contribution in [3.63, 3.8) is 0 Å². The molecule has 3 aromatic carbocycles. The Hall–Kier alpha value is -3.22. The van der Waals surface area contributed by atoms with E-state index in [4.69, 9.17) is 0 Å². The van der Waals surface area contributed by atoms with E-state index in [1.54, 1.807) is 0 Å². The fourth-order valence-electron chi connectivity index (χ4n) is 3.08. The Morgan fingerprint density at radius 3 is 1.94 bits per heavy atom. The average Bonchev–Trinajstić information content (AvgIpc) is 2.81. The zero-order valence-electron chi connectivity index (χ0n) is 17.7. The number of rotatable bonds is 7. The summed E-state index contributed by atoms with van der Waals surface area (Å²) in [6.45, 7) is -0.445. The van der Waals surface area contributed by atoms with Crippen molar-refractivity contribution in [3.05, 3.63) is 89.5 Å². The number of hydrogen-bond acceptors (Lipinski definition) is 3. The van der Waals surface area contributed by atoms with Crippen LogP contribution in [-0.4, -0.2) is 23.5 Å². The summed E-state index contributed by atoms with van der Waals surface area (Å²) in [7, 11) is -4.24. The summed E-state index contributed by atoms with van der Waals surface area (Å²) in [5.74, 6) is -0.571. The van der Waals surface area contributed by atoms with Crippen LogP contribution in [0, 0.1) is 0 Å².